The molecule has 1 atom stereocenters. The highest BCUT2D eigenvalue weighted by molar-refractivity contribution is 8.00. The Morgan fingerprint density at radius 3 is 2.80 bits per heavy atom. The maximum atomic E-state index is 14.5. The molecule has 1 aromatic carbocycles. The molecule has 0 bridgehead atoms. The lowest BCUT2D eigenvalue weighted by Gasteiger charge is -2.13. The van der Waals surface area contributed by atoms with E-state index in [2.05, 4.69) is 25.9 Å². The second-order valence-electron chi connectivity index (χ2n) is 7.18. The van der Waals surface area contributed by atoms with Crippen molar-refractivity contribution in [3.63, 3.8) is 0 Å². The minimum absolute atomic E-state index is 0.127. The number of aromatic nitrogens is 3. The lowest BCUT2D eigenvalue weighted by molar-refractivity contribution is 0.286. The highest BCUT2D eigenvalue weighted by Gasteiger charge is 2.27. The molecule has 30 heavy (non-hydrogen) atoms. The van der Waals surface area contributed by atoms with Gasteiger partial charge >= 0.3 is 0 Å². The topological polar surface area (TPSA) is 99.4 Å². The van der Waals surface area contributed by atoms with E-state index in [-0.39, 0.29) is 23.7 Å². The van der Waals surface area contributed by atoms with E-state index in [1.807, 2.05) is 6.07 Å². The first-order valence-electron chi connectivity index (χ1n) is 9.22. The number of rotatable bonds is 8. The van der Waals surface area contributed by atoms with Gasteiger partial charge in [-0.3, -0.25) is 0 Å². The first-order chi connectivity index (χ1) is 14.3. The third-order valence-corrected chi connectivity index (χ3v) is 5.09. The summed E-state index contributed by atoms with van der Waals surface area (Å²) in [5.41, 5.74) is 1.37. The van der Waals surface area contributed by atoms with Crippen molar-refractivity contribution in [2.24, 2.45) is 0 Å². The zero-order chi connectivity index (χ0) is 21.3. The molecule has 0 aliphatic heterocycles. The summed E-state index contributed by atoms with van der Waals surface area (Å²) in [6.07, 6.45) is 3.68. The molecule has 1 unspecified atom stereocenters. The van der Waals surface area contributed by atoms with Crippen LogP contribution < -0.4 is 14.2 Å². The number of benzene rings is 1. The molecule has 1 N–H and O–H groups in total. The summed E-state index contributed by atoms with van der Waals surface area (Å²) < 4.78 is 45.4. The molecule has 158 valence electrons. The second-order valence-corrected chi connectivity index (χ2v) is 9.40. The van der Waals surface area contributed by atoms with E-state index >= 15 is 0 Å². The quantitative estimate of drug-likeness (QED) is 0.545. The van der Waals surface area contributed by atoms with Crippen molar-refractivity contribution in [3.8, 4) is 22.9 Å². The van der Waals surface area contributed by atoms with Crippen molar-refractivity contribution < 1.29 is 22.6 Å². The van der Waals surface area contributed by atoms with Crippen LogP contribution in [0.5, 0.6) is 11.6 Å². The first-order valence-corrected chi connectivity index (χ1v) is 11.4. The van der Waals surface area contributed by atoms with Crippen LogP contribution in [0.1, 0.15) is 30.2 Å². The second kappa shape index (κ2) is 7.94. The Balaban J connectivity index is 1.57. The molecule has 3 aromatic rings. The van der Waals surface area contributed by atoms with E-state index in [1.54, 1.807) is 0 Å². The standard InChI is InChI=1S/C20H21FN4O4S/c1-27-20-18(25-30(2,3)26)10-17(22-23-20)15-9-14(6-7-16(15)21)28-11-13-8-19(29-24-13)12-4-5-12/h6-10,12H,2,4-5,11H2,1,3H3,(H,22,25,26). The van der Waals surface area contributed by atoms with Gasteiger partial charge in [-0.15, -0.1) is 10.2 Å². The number of anilines is 1. The Labute approximate surface area is 173 Å². The number of hydrogen-bond acceptors (Lipinski definition) is 7. The van der Waals surface area contributed by atoms with Crippen molar-refractivity contribution in [1.29, 1.82) is 0 Å². The average molecular weight is 432 g/mol. The highest BCUT2D eigenvalue weighted by Crippen LogP contribution is 2.40. The van der Waals surface area contributed by atoms with Crippen LogP contribution in [0.2, 0.25) is 0 Å². The molecule has 0 amide bonds. The van der Waals surface area contributed by atoms with Gasteiger partial charge in [-0.1, -0.05) is 5.16 Å². The summed E-state index contributed by atoms with van der Waals surface area (Å²) in [4.78, 5) is 0. The molecule has 0 saturated heterocycles. The van der Waals surface area contributed by atoms with Gasteiger partial charge in [-0.05, 0) is 43.0 Å². The molecule has 0 spiro atoms. The van der Waals surface area contributed by atoms with Crippen LogP contribution >= 0.6 is 0 Å². The van der Waals surface area contributed by atoms with Crippen LogP contribution in [0.3, 0.4) is 0 Å². The third kappa shape index (κ3) is 4.70. The maximum Gasteiger partial charge on any atom is 0.257 e. The molecule has 2 heterocycles. The Bertz CT molecular complexity index is 1180. The van der Waals surface area contributed by atoms with Gasteiger partial charge in [0.15, 0.2) is 0 Å². The zero-order valence-electron chi connectivity index (χ0n) is 16.6. The molecule has 10 heteroatoms. The smallest absolute Gasteiger partial charge is 0.257 e. The number of ether oxygens (including phenoxy) is 2. The van der Waals surface area contributed by atoms with Crippen LogP contribution in [0.25, 0.3) is 11.3 Å². The number of hydrogen-bond donors (Lipinski definition) is 1. The maximum absolute atomic E-state index is 14.5. The fraction of sp³-hybridized carbons (Fsp3) is 0.300. The fourth-order valence-corrected chi connectivity index (χ4v) is 3.48. The van der Waals surface area contributed by atoms with E-state index in [9.17, 15) is 8.60 Å². The van der Waals surface area contributed by atoms with Crippen molar-refractivity contribution in [2.75, 3.05) is 18.1 Å². The van der Waals surface area contributed by atoms with Gasteiger partial charge < -0.3 is 18.7 Å². The van der Waals surface area contributed by atoms with Crippen molar-refractivity contribution >= 4 is 21.3 Å². The van der Waals surface area contributed by atoms with E-state index in [0.717, 1.165) is 18.6 Å². The molecule has 1 saturated carbocycles. The molecule has 0 radical (unpaired) electrons. The normalized spacial score (nSPS) is 15.4. The van der Waals surface area contributed by atoms with Gasteiger partial charge in [0.25, 0.3) is 5.88 Å². The third-order valence-electron chi connectivity index (χ3n) is 4.44. The lowest BCUT2D eigenvalue weighted by atomic mass is 10.1. The Hall–Kier alpha value is -3.14. The molecule has 4 rings (SSSR count). The summed E-state index contributed by atoms with van der Waals surface area (Å²) >= 11 is 0. The summed E-state index contributed by atoms with van der Waals surface area (Å²) in [6, 6.07) is 7.71. The Kier molecular flexibility index (Phi) is 5.33. The highest BCUT2D eigenvalue weighted by atomic mass is 32.2. The van der Waals surface area contributed by atoms with Gasteiger partial charge in [0.05, 0.1) is 12.8 Å². The Morgan fingerprint density at radius 1 is 1.30 bits per heavy atom. The van der Waals surface area contributed by atoms with Gasteiger partial charge in [0, 0.05) is 33.5 Å². The molecule has 1 aliphatic rings. The summed E-state index contributed by atoms with van der Waals surface area (Å²) in [6.45, 7) is 0.196. The minimum Gasteiger partial charge on any atom is -0.487 e. The van der Waals surface area contributed by atoms with Crippen molar-refractivity contribution in [2.45, 2.75) is 25.4 Å². The van der Waals surface area contributed by atoms with Gasteiger partial charge in [-0.2, -0.15) is 0 Å². The van der Waals surface area contributed by atoms with Crippen LogP contribution in [0.15, 0.2) is 34.9 Å². The molecular weight excluding hydrogens is 411 g/mol. The monoisotopic (exact) mass is 432 g/mol. The number of nitrogens with zero attached hydrogens (tertiary/aromatic N) is 3. The number of methoxy groups -OCH3 is 1. The van der Waals surface area contributed by atoms with Gasteiger partial charge in [0.1, 0.15) is 35.3 Å². The van der Waals surface area contributed by atoms with Crippen LogP contribution in [-0.4, -0.2) is 38.8 Å². The van der Waals surface area contributed by atoms with Gasteiger partial charge in [0.2, 0.25) is 0 Å². The predicted octanol–water partition coefficient (Wildman–Crippen LogP) is 3.41. The van der Waals surface area contributed by atoms with Crippen LogP contribution in [0.4, 0.5) is 10.1 Å². The molecule has 2 aromatic heterocycles. The first kappa shape index (κ1) is 20.1. The molecular formula is C20H21FN4O4S. The van der Waals surface area contributed by atoms with E-state index < -0.39 is 15.5 Å². The summed E-state index contributed by atoms with van der Waals surface area (Å²) in [7, 11) is -1.19. The minimum atomic E-state index is -2.60. The largest absolute Gasteiger partial charge is 0.487 e. The van der Waals surface area contributed by atoms with E-state index in [4.69, 9.17) is 14.0 Å². The average Bonchev–Trinajstić information content (AvgIpc) is 3.44. The number of nitrogens with one attached hydrogen (secondary N) is 1. The van der Waals surface area contributed by atoms with Crippen LogP contribution in [-0.2, 0) is 16.3 Å². The van der Waals surface area contributed by atoms with Crippen molar-refractivity contribution in [1.82, 2.24) is 15.4 Å². The van der Waals surface area contributed by atoms with E-state index in [0.29, 0.717) is 23.0 Å². The Morgan fingerprint density at radius 2 is 2.10 bits per heavy atom. The predicted molar refractivity (Wildman–Crippen MR) is 112 cm³/mol. The van der Waals surface area contributed by atoms with Crippen molar-refractivity contribution in [3.05, 3.63) is 47.6 Å². The van der Waals surface area contributed by atoms with Gasteiger partial charge in [-0.25, -0.2) is 8.60 Å². The molecule has 1 aliphatic carbocycles. The van der Waals surface area contributed by atoms with Crippen LogP contribution in [0, 0.1) is 5.82 Å². The fourth-order valence-electron chi connectivity index (χ4n) is 2.87. The number of halogens is 1. The zero-order valence-corrected chi connectivity index (χ0v) is 17.4. The summed E-state index contributed by atoms with van der Waals surface area (Å²) in [5.74, 6) is 4.95. The van der Waals surface area contributed by atoms with E-state index in [1.165, 1.54) is 37.6 Å². The summed E-state index contributed by atoms with van der Waals surface area (Å²) in [5, 5.41) is 11.9. The molecule has 8 nitrogen and oxygen atoms in total. The lowest BCUT2D eigenvalue weighted by Crippen LogP contribution is -2.11. The SMILES string of the molecule is C=S(C)(=O)Nc1cc(-c2cc(OCc3cc(C4CC4)on3)ccc2F)nnc1OC. The molecule has 1 fully saturated rings.